The van der Waals surface area contributed by atoms with Crippen molar-refractivity contribution < 1.29 is 9.53 Å². The first-order valence-electron chi connectivity index (χ1n) is 12.2. The molecule has 0 saturated carbocycles. The van der Waals surface area contributed by atoms with Crippen molar-refractivity contribution in [1.29, 1.82) is 0 Å². The predicted octanol–water partition coefficient (Wildman–Crippen LogP) is 6.80. The van der Waals surface area contributed by atoms with E-state index in [9.17, 15) is 4.79 Å². The van der Waals surface area contributed by atoms with E-state index in [0.29, 0.717) is 22.1 Å². The summed E-state index contributed by atoms with van der Waals surface area (Å²) in [7, 11) is 0. The lowest BCUT2D eigenvalue weighted by Gasteiger charge is -2.46. The van der Waals surface area contributed by atoms with Crippen LogP contribution in [0.5, 0.6) is 11.5 Å². The van der Waals surface area contributed by atoms with Gasteiger partial charge >= 0.3 is 0 Å². The van der Waals surface area contributed by atoms with Gasteiger partial charge in [-0.3, -0.25) is 9.78 Å². The van der Waals surface area contributed by atoms with Gasteiger partial charge in [-0.1, -0.05) is 36.7 Å². The number of amides is 1. The number of nitrogens with zero attached hydrogens (tertiary/aromatic N) is 1. The van der Waals surface area contributed by atoms with E-state index in [-0.39, 0.29) is 23.0 Å². The highest BCUT2D eigenvalue weighted by Crippen LogP contribution is 2.38. The van der Waals surface area contributed by atoms with Crippen LogP contribution in [0.4, 0.5) is 0 Å². The molecule has 0 unspecified atom stereocenters. The third-order valence-corrected chi connectivity index (χ3v) is 6.68. The van der Waals surface area contributed by atoms with Crippen LogP contribution >= 0.6 is 11.6 Å². The van der Waals surface area contributed by atoms with Crippen LogP contribution < -0.4 is 15.4 Å². The fourth-order valence-electron chi connectivity index (χ4n) is 5.33. The summed E-state index contributed by atoms with van der Waals surface area (Å²) < 4.78 is 6.28. The first-order valence-corrected chi connectivity index (χ1v) is 12.5. The Labute approximate surface area is 213 Å². The third kappa shape index (κ3) is 6.03. The molecule has 35 heavy (non-hydrogen) atoms. The highest BCUT2D eigenvalue weighted by atomic mass is 35.5. The zero-order valence-electron chi connectivity index (χ0n) is 21.1. The first-order chi connectivity index (χ1) is 16.6. The zero-order valence-corrected chi connectivity index (χ0v) is 21.9. The van der Waals surface area contributed by atoms with E-state index >= 15 is 0 Å². The molecule has 0 radical (unpaired) electrons. The van der Waals surface area contributed by atoms with Crippen molar-refractivity contribution in [1.82, 2.24) is 15.6 Å². The molecule has 5 nitrogen and oxygen atoms in total. The molecule has 0 bridgehead atoms. The van der Waals surface area contributed by atoms with E-state index in [4.69, 9.17) is 16.3 Å². The van der Waals surface area contributed by atoms with Gasteiger partial charge in [0.15, 0.2) is 0 Å². The van der Waals surface area contributed by atoms with Crippen molar-refractivity contribution in [3.63, 3.8) is 0 Å². The molecule has 2 N–H and O–H groups in total. The molecule has 3 aromatic rings. The SMILES string of the molecule is CCc1cccc(Oc2ccc(C(=O)NC3CC(C)(C)NC(C)(C)C3)cc2Cl)c1-c1cccnc1. The summed E-state index contributed by atoms with van der Waals surface area (Å²) in [5, 5.41) is 7.24. The van der Waals surface area contributed by atoms with Crippen molar-refractivity contribution in [3.05, 3.63) is 77.1 Å². The molecule has 0 spiro atoms. The number of hydrogen-bond acceptors (Lipinski definition) is 4. The Morgan fingerprint density at radius 2 is 1.83 bits per heavy atom. The average Bonchev–Trinajstić information content (AvgIpc) is 2.78. The van der Waals surface area contributed by atoms with Crippen LogP contribution in [-0.2, 0) is 6.42 Å². The highest BCUT2D eigenvalue weighted by molar-refractivity contribution is 6.32. The monoisotopic (exact) mass is 491 g/mol. The molecule has 184 valence electrons. The third-order valence-electron chi connectivity index (χ3n) is 6.38. The fourth-order valence-corrected chi connectivity index (χ4v) is 5.55. The van der Waals surface area contributed by atoms with Crippen molar-refractivity contribution in [3.8, 4) is 22.6 Å². The van der Waals surface area contributed by atoms with E-state index in [1.54, 1.807) is 24.4 Å². The maximum absolute atomic E-state index is 13.0. The largest absolute Gasteiger partial charge is 0.455 e. The Morgan fingerprint density at radius 1 is 1.09 bits per heavy atom. The zero-order chi connectivity index (χ0) is 25.2. The maximum atomic E-state index is 13.0. The Morgan fingerprint density at radius 3 is 2.46 bits per heavy atom. The normalized spacial score (nSPS) is 17.1. The number of nitrogens with one attached hydrogen (secondary N) is 2. The van der Waals surface area contributed by atoms with Gasteiger partial charge in [0.1, 0.15) is 11.5 Å². The van der Waals surface area contributed by atoms with Crippen molar-refractivity contribution in [2.75, 3.05) is 0 Å². The lowest BCUT2D eigenvalue weighted by Crippen LogP contribution is -2.62. The molecule has 2 aromatic carbocycles. The molecule has 1 aliphatic heterocycles. The first kappa shape index (κ1) is 25.2. The van der Waals surface area contributed by atoms with Gasteiger partial charge in [-0.15, -0.1) is 0 Å². The van der Waals surface area contributed by atoms with Gasteiger partial charge in [0.2, 0.25) is 0 Å². The number of halogens is 1. The van der Waals surface area contributed by atoms with Gasteiger partial charge in [-0.25, -0.2) is 0 Å². The maximum Gasteiger partial charge on any atom is 0.251 e. The van der Waals surface area contributed by atoms with Gasteiger partial charge in [-0.05, 0) is 82.9 Å². The lowest BCUT2D eigenvalue weighted by atomic mass is 9.79. The Kier molecular flexibility index (Phi) is 7.20. The van der Waals surface area contributed by atoms with Gasteiger partial charge in [0.25, 0.3) is 5.91 Å². The number of aryl methyl sites for hydroxylation is 1. The van der Waals surface area contributed by atoms with Crippen LogP contribution in [0.3, 0.4) is 0 Å². The number of aromatic nitrogens is 1. The van der Waals surface area contributed by atoms with E-state index in [1.807, 2.05) is 30.5 Å². The van der Waals surface area contributed by atoms with Crippen LogP contribution in [0.2, 0.25) is 5.02 Å². The second kappa shape index (κ2) is 10.00. The second-order valence-electron chi connectivity index (χ2n) is 10.6. The number of ether oxygens (including phenoxy) is 1. The Hall–Kier alpha value is -2.89. The summed E-state index contributed by atoms with van der Waals surface area (Å²) in [5.41, 5.74) is 3.57. The van der Waals surface area contributed by atoms with Crippen LogP contribution in [0, 0.1) is 0 Å². The number of rotatable bonds is 6. The molecular formula is C29H34ClN3O2. The standard InChI is InChI=1S/C29H34ClN3O2/c1-6-19-9-7-11-25(26(19)21-10-8-14-31-18-21)35-24-13-12-20(15-23(24)30)27(34)32-22-16-28(2,3)33-29(4,5)17-22/h7-15,18,22,33H,6,16-17H2,1-5H3,(H,32,34). The number of piperidine rings is 1. The molecule has 1 aromatic heterocycles. The summed E-state index contributed by atoms with van der Waals surface area (Å²) in [6.45, 7) is 10.8. The van der Waals surface area contributed by atoms with Crippen LogP contribution in [0.15, 0.2) is 60.9 Å². The van der Waals surface area contributed by atoms with Gasteiger partial charge in [0, 0.05) is 46.2 Å². The minimum Gasteiger partial charge on any atom is -0.455 e. The smallest absolute Gasteiger partial charge is 0.251 e. The molecule has 1 aliphatic rings. The predicted molar refractivity (Wildman–Crippen MR) is 142 cm³/mol. The minimum atomic E-state index is -0.124. The number of benzene rings is 2. The lowest BCUT2D eigenvalue weighted by molar-refractivity contribution is 0.0873. The second-order valence-corrected chi connectivity index (χ2v) is 11.0. The molecule has 1 fully saturated rings. The minimum absolute atomic E-state index is 0.0476. The van der Waals surface area contributed by atoms with Gasteiger partial charge < -0.3 is 15.4 Å². The van der Waals surface area contributed by atoms with Crippen molar-refractivity contribution >= 4 is 17.5 Å². The quantitative estimate of drug-likeness (QED) is 0.398. The molecule has 2 heterocycles. The Balaban J connectivity index is 1.54. The van der Waals surface area contributed by atoms with Crippen LogP contribution in [-0.4, -0.2) is 28.0 Å². The van der Waals surface area contributed by atoms with Crippen LogP contribution in [0.1, 0.15) is 63.4 Å². The molecule has 1 amide bonds. The summed E-state index contributed by atoms with van der Waals surface area (Å²) >= 11 is 6.60. The van der Waals surface area contributed by atoms with E-state index in [1.165, 1.54) is 0 Å². The number of pyridine rings is 1. The van der Waals surface area contributed by atoms with Gasteiger partial charge in [-0.2, -0.15) is 0 Å². The van der Waals surface area contributed by atoms with Gasteiger partial charge in [0.05, 0.1) is 5.02 Å². The molecule has 4 rings (SSSR count). The van der Waals surface area contributed by atoms with E-state index in [0.717, 1.165) is 36.0 Å². The average molecular weight is 492 g/mol. The number of hydrogen-bond donors (Lipinski definition) is 2. The van der Waals surface area contributed by atoms with Crippen molar-refractivity contribution in [2.24, 2.45) is 0 Å². The fraction of sp³-hybridized carbons (Fsp3) is 0.379. The van der Waals surface area contributed by atoms with E-state index in [2.05, 4.69) is 56.3 Å². The number of carbonyl (C=O) groups excluding carboxylic acids is 1. The summed E-state index contributed by atoms with van der Waals surface area (Å²) in [6, 6.07) is 15.2. The number of carbonyl (C=O) groups is 1. The summed E-state index contributed by atoms with van der Waals surface area (Å²) in [6.07, 6.45) is 6.17. The van der Waals surface area contributed by atoms with E-state index < -0.39 is 0 Å². The highest BCUT2D eigenvalue weighted by Gasteiger charge is 2.38. The molecule has 0 atom stereocenters. The molecule has 0 aliphatic carbocycles. The summed E-state index contributed by atoms with van der Waals surface area (Å²) in [5.74, 6) is 1.09. The Bertz CT molecular complexity index is 1190. The molecule has 1 saturated heterocycles. The van der Waals surface area contributed by atoms with Crippen LogP contribution in [0.25, 0.3) is 11.1 Å². The molecule has 6 heteroatoms. The topological polar surface area (TPSA) is 63.2 Å². The molecular weight excluding hydrogens is 458 g/mol. The van der Waals surface area contributed by atoms with Crippen molar-refractivity contribution in [2.45, 2.75) is 71.0 Å². The summed E-state index contributed by atoms with van der Waals surface area (Å²) in [4.78, 5) is 17.3.